The molecule has 0 radical (unpaired) electrons. The Bertz CT molecular complexity index is 1040. The first kappa shape index (κ1) is 20.8. The zero-order valence-electron chi connectivity index (χ0n) is 16.4. The minimum absolute atomic E-state index is 0.170. The fraction of sp³-hybridized carbons (Fsp3) is 0.273. The van der Waals surface area contributed by atoms with Gasteiger partial charge in [0.15, 0.2) is 16.4 Å². The van der Waals surface area contributed by atoms with Crippen molar-refractivity contribution in [2.24, 2.45) is 0 Å². The maximum atomic E-state index is 12.8. The van der Waals surface area contributed by atoms with Crippen LogP contribution in [-0.4, -0.2) is 43.6 Å². The zero-order valence-corrected chi connectivity index (χ0v) is 17.2. The SMILES string of the molecule is Cc1ccc(C(=O)OCC(=O)N(Cc2ccccc2)[C@@H]2C=CS(=O)(=O)C2)c(C)c1. The monoisotopic (exact) mass is 413 g/mol. The number of hydrogen-bond acceptors (Lipinski definition) is 5. The lowest BCUT2D eigenvalue weighted by Gasteiger charge is -2.27. The topological polar surface area (TPSA) is 80.8 Å². The van der Waals surface area contributed by atoms with Crippen LogP contribution in [0.2, 0.25) is 0 Å². The Morgan fingerprint density at radius 3 is 2.45 bits per heavy atom. The normalized spacial score (nSPS) is 17.1. The minimum Gasteiger partial charge on any atom is -0.452 e. The standard InChI is InChI=1S/C22H23NO5S/c1-16-8-9-20(17(2)12-16)22(25)28-14-21(24)23(13-18-6-4-3-5-7-18)19-10-11-29(26,27)15-19/h3-12,19H,13-15H2,1-2H3/t19-/m1/s1. The van der Waals surface area contributed by atoms with E-state index in [9.17, 15) is 18.0 Å². The van der Waals surface area contributed by atoms with Gasteiger partial charge in [-0.2, -0.15) is 0 Å². The summed E-state index contributed by atoms with van der Waals surface area (Å²) in [4.78, 5) is 26.7. The second kappa shape index (κ2) is 8.61. The average molecular weight is 413 g/mol. The first-order valence-corrected chi connectivity index (χ1v) is 11.0. The number of esters is 1. The summed E-state index contributed by atoms with van der Waals surface area (Å²) in [6, 6.07) is 14.0. The van der Waals surface area contributed by atoms with Gasteiger partial charge in [-0.25, -0.2) is 13.2 Å². The quantitative estimate of drug-likeness (QED) is 0.681. The molecule has 2 aromatic rings. The van der Waals surface area contributed by atoms with E-state index >= 15 is 0 Å². The Morgan fingerprint density at radius 1 is 1.10 bits per heavy atom. The number of carbonyl (C=O) groups excluding carboxylic acids is 2. The zero-order chi connectivity index (χ0) is 21.0. The maximum Gasteiger partial charge on any atom is 0.338 e. The lowest BCUT2D eigenvalue weighted by Crippen LogP contribution is -2.42. The van der Waals surface area contributed by atoms with Crippen molar-refractivity contribution in [1.29, 1.82) is 0 Å². The van der Waals surface area contributed by atoms with Gasteiger partial charge in [0.05, 0.1) is 17.4 Å². The molecule has 0 aliphatic carbocycles. The summed E-state index contributed by atoms with van der Waals surface area (Å²) >= 11 is 0. The van der Waals surface area contributed by atoms with Crippen molar-refractivity contribution in [3.05, 3.63) is 82.3 Å². The summed E-state index contributed by atoms with van der Waals surface area (Å²) in [6.07, 6.45) is 1.50. The minimum atomic E-state index is -3.33. The molecular weight excluding hydrogens is 390 g/mol. The van der Waals surface area contributed by atoms with E-state index in [1.807, 2.05) is 43.3 Å². The van der Waals surface area contributed by atoms with Gasteiger partial charge >= 0.3 is 5.97 Å². The molecule has 1 amide bonds. The number of aryl methyl sites for hydroxylation is 2. The van der Waals surface area contributed by atoms with E-state index in [1.54, 1.807) is 19.1 Å². The molecule has 0 bridgehead atoms. The van der Waals surface area contributed by atoms with Gasteiger partial charge in [0, 0.05) is 12.0 Å². The Balaban J connectivity index is 1.72. The highest BCUT2D eigenvalue weighted by Crippen LogP contribution is 2.18. The van der Waals surface area contributed by atoms with Crippen LogP contribution in [-0.2, 0) is 25.9 Å². The van der Waals surface area contributed by atoms with Crippen molar-refractivity contribution in [3.8, 4) is 0 Å². The van der Waals surface area contributed by atoms with Gasteiger partial charge in [0.2, 0.25) is 0 Å². The summed E-state index contributed by atoms with van der Waals surface area (Å²) in [5.41, 5.74) is 3.06. The number of hydrogen-bond donors (Lipinski definition) is 0. The van der Waals surface area contributed by atoms with Crippen LogP contribution in [0.4, 0.5) is 0 Å². The van der Waals surface area contributed by atoms with Crippen LogP contribution in [0, 0.1) is 13.8 Å². The third-order valence-corrected chi connectivity index (χ3v) is 6.13. The third kappa shape index (κ3) is 5.32. The highest BCUT2D eigenvalue weighted by molar-refractivity contribution is 7.94. The molecule has 0 fully saturated rings. The van der Waals surface area contributed by atoms with E-state index in [0.29, 0.717) is 5.56 Å². The summed E-state index contributed by atoms with van der Waals surface area (Å²) in [5, 5.41) is 1.13. The molecule has 1 heterocycles. The Morgan fingerprint density at radius 2 is 1.83 bits per heavy atom. The van der Waals surface area contributed by atoms with Gasteiger partial charge in [0.25, 0.3) is 5.91 Å². The molecule has 2 aromatic carbocycles. The van der Waals surface area contributed by atoms with Gasteiger partial charge in [-0.15, -0.1) is 0 Å². The fourth-order valence-electron chi connectivity index (χ4n) is 3.25. The Hall–Kier alpha value is -2.93. The summed E-state index contributed by atoms with van der Waals surface area (Å²) in [6.45, 7) is 3.51. The average Bonchev–Trinajstić information content (AvgIpc) is 3.04. The van der Waals surface area contributed by atoms with Gasteiger partial charge in [-0.1, -0.05) is 48.0 Å². The molecule has 0 N–H and O–H groups in total. The lowest BCUT2D eigenvalue weighted by atomic mass is 10.1. The van der Waals surface area contributed by atoms with E-state index in [4.69, 9.17) is 4.74 Å². The van der Waals surface area contributed by atoms with Crippen LogP contribution in [0.1, 0.15) is 27.0 Å². The second-order valence-corrected chi connectivity index (χ2v) is 9.06. The number of ether oxygens (including phenoxy) is 1. The molecule has 29 heavy (non-hydrogen) atoms. The molecule has 3 rings (SSSR count). The van der Waals surface area contributed by atoms with Crippen molar-refractivity contribution in [2.75, 3.05) is 12.4 Å². The van der Waals surface area contributed by atoms with Crippen LogP contribution in [0.15, 0.2) is 60.0 Å². The summed E-state index contributed by atoms with van der Waals surface area (Å²) in [7, 11) is -3.33. The van der Waals surface area contributed by atoms with Crippen molar-refractivity contribution < 1.29 is 22.7 Å². The fourth-order valence-corrected chi connectivity index (χ4v) is 4.55. The van der Waals surface area contributed by atoms with Gasteiger partial charge in [-0.05, 0) is 37.1 Å². The molecule has 0 saturated carbocycles. The number of amides is 1. The molecule has 1 aliphatic rings. The second-order valence-electron chi connectivity index (χ2n) is 7.13. The molecule has 6 nitrogen and oxygen atoms in total. The van der Waals surface area contributed by atoms with Crippen molar-refractivity contribution in [1.82, 2.24) is 4.90 Å². The predicted molar refractivity (Wildman–Crippen MR) is 110 cm³/mol. The summed E-state index contributed by atoms with van der Waals surface area (Å²) < 4.78 is 28.9. The smallest absolute Gasteiger partial charge is 0.338 e. The number of benzene rings is 2. The van der Waals surface area contributed by atoms with Gasteiger partial charge in [0.1, 0.15) is 0 Å². The van der Waals surface area contributed by atoms with Crippen LogP contribution in [0.5, 0.6) is 0 Å². The van der Waals surface area contributed by atoms with Crippen molar-refractivity contribution >= 4 is 21.7 Å². The molecule has 0 saturated heterocycles. The van der Waals surface area contributed by atoms with E-state index < -0.39 is 34.4 Å². The van der Waals surface area contributed by atoms with Crippen LogP contribution < -0.4 is 0 Å². The Labute approximate surface area is 170 Å². The van der Waals surface area contributed by atoms with Crippen molar-refractivity contribution in [2.45, 2.75) is 26.4 Å². The van der Waals surface area contributed by atoms with Gasteiger partial charge < -0.3 is 9.64 Å². The van der Waals surface area contributed by atoms with Crippen molar-refractivity contribution in [3.63, 3.8) is 0 Å². The van der Waals surface area contributed by atoms with E-state index in [1.165, 1.54) is 11.0 Å². The van der Waals surface area contributed by atoms with Gasteiger partial charge in [-0.3, -0.25) is 4.79 Å². The van der Waals surface area contributed by atoms with E-state index in [-0.39, 0.29) is 12.3 Å². The first-order valence-electron chi connectivity index (χ1n) is 9.24. The molecular formula is C22H23NO5S. The lowest BCUT2D eigenvalue weighted by molar-refractivity contribution is -0.136. The molecule has 7 heteroatoms. The molecule has 152 valence electrons. The molecule has 1 atom stereocenters. The first-order chi connectivity index (χ1) is 13.7. The summed E-state index contributed by atoms with van der Waals surface area (Å²) in [5.74, 6) is -1.19. The Kier molecular flexibility index (Phi) is 6.17. The molecule has 0 unspecified atom stereocenters. The molecule has 1 aliphatic heterocycles. The number of carbonyl (C=O) groups is 2. The highest BCUT2D eigenvalue weighted by Gasteiger charge is 2.31. The molecule has 0 aromatic heterocycles. The predicted octanol–water partition coefficient (Wildman–Crippen LogP) is 2.80. The highest BCUT2D eigenvalue weighted by atomic mass is 32.2. The third-order valence-electron chi connectivity index (χ3n) is 4.76. The van der Waals surface area contributed by atoms with E-state index in [0.717, 1.165) is 22.1 Å². The van der Waals surface area contributed by atoms with Crippen LogP contribution >= 0.6 is 0 Å². The van der Waals surface area contributed by atoms with E-state index in [2.05, 4.69) is 0 Å². The van der Waals surface area contributed by atoms with Crippen LogP contribution in [0.25, 0.3) is 0 Å². The number of rotatable bonds is 6. The molecule has 0 spiro atoms. The number of sulfone groups is 1. The van der Waals surface area contributed by atoms with Crippen LogP contribution in [0.3, 0.4) is 0 Å². The largest absolute Gasteiger partial charge is 0.452 e. The maximum absolute atomic E-state index is 12.8. The number of nitrogens with zero attached hydrogens (tertiary/aromatic N) is 1.